The highest BCUT2D eigenvalue weighted by molar-refractivity contribution is 5.93. The van der Waals surface area contributed by atoms with Crippen LogP contribution in [0.1, 0.15) is 11.5 Å². The number of aryl methyl sites for hydroxylation is 2. The zero-order valence-electron chi connectivity index (χ0n) is 14.7. The zero-order valence-corrected chi connectivity index (χ0v) is 14.7. The molecular weight excluding hydrogens is 348 g/mol. The second kappa shape index (κ2) is 6.60. The first-order valence-electron chi connectivity index (χ1n) is 8.32. The first-order chi connectivity index (χ1) is 13.0. The van der Waals surface area contributed by atoms with E-state index in [0.29, 0.717) is 34.0 Å². The van der Waals surface area contributed by atoms with E-state index >= 15 is 0 Å². The quantitative estimate of drug-likeness (QED) is 0.556. The number of amides is 1. The van der Waals surface area contributed by atoms with E-state index in [0.717, 1.165) is 10.9 Å². The first kappa shape index (κ1) is 16.8. The van der Waals surface area contributed by atoms with E-state index in [2.05, 4.69) is 10.3 Å². The number of fused-ring (bicyclic) bond motifs is 2. The normalized spacial score (nSPS) is 11.0. The fourth-order valence-corrected chi connectivity index (χ4v) is 2.86. The van der Waals surface area contributed by atoms with Gasteiger partial charge in [-0.3, -0.25) is 4.79 Å². The Kier molecular flexibility index (Phi) is 4.12. The molecule has 0 aliphatic heterocycles. The molecule has 0 saturated carbocycles. The van der Waals surface area contributed by atoms with Gasteiger partial charge in [-0.2, -0.15) is 0 Å². The summed E-state index contributed by atoms with van der Waals surface area (Å²) in [6, 6.07) is 11.8. The Morgan fingerprint density at radius 3 is 2.78 bits per heavy atom. The highest BCUT2D eigenvalue weighted by Crippen LogP contribution is 2.22. The van der Waals surface area contributed by atoms with Crippen molar-refractivity contribution in [3.8, 4) is 5.75 Å². The molecule has 2 heterocycles. The Balaban J connectivity index is 1.45. The lowest BCUT2D eigenvalue weighted by atomic mass is 10.1. The standard InChI is InChI=1S/C20H16N2O5/c1-11-7-20(24)27-18-9-14(4-5-15(11)18)25-10-19(23)22-13-3-6-17-16(8-13)21-12(2)26-17/h3-9H,10H2,1-2H3,(H,22,23). The lowest BCUT2D eigenvalue weighted by Gasteiger charge is -2.08. The van der Waals surface area contributed by atoms with Crippen LogP contribution in [0.2, 0.25) is 0 Å². The van der Waals surface area contributed by atoms with Gasteiger partial charge in [0.25, 0.3) is 5.91 Å². The van der Waals surface area contributed by atoms with Gasteiger partial charge in [-0.05, 0) is 42.8 Å². The van der Waals surface area contributed by atoms with Gasteiger partial charge in [0, 0.05) is 30.1 Å². The fourth-order valence-electron chi connectivity index (χ4n) is 2.86. The Morgan fingerprint density at radius 1 is 1.07 bits per heavy atom. The highest BCUT2D eigenvalue weighted by atomic mass is 16.5. The van der Waals surface area contributed by atoms with Crippen LogP contribution in [0.15, 0.2) is 56.1 Å². The van der Waals surface area contributed by atoms with Crippen LogP contribution in [0.5, 0.6) is 5.75 Å². The van der Waals surface area contributed by atoms with Crippen LogP contribution in [0.4, 0.5) is 5.69 Å². The molecule has 1 N–H and O–H groups in total. The van der Waals surface area contributed by atoms with Crippen molar-refractivity contribution in [3.63, 3.8) is 0 Å². The molecule has 0 fully saturated rings. The Labute approximate surface area is 153 Å². The molecule has 0 aliphatic rings. The summed E-state index contributed by atoms with van der Waals surface area (Å²) in [5.74, 6) is 0.685. The number of anilines is 1. The predicted molar refractivity (Wildman–Crippen MR) is 100 cm³/mol. The Bertz CT molecular complexity index is 1220. The molecule has 4 rings (SSSR count). The number of hydrogen-bond acceptors (Lipinski definition) is 6. The number of oxazole rings is 1. The number of hydrogen-bond donors (Lipinski definition) is 1. The minimum Gasteiger partial charge on any atom is -0.484 e. The van der Waals surface area contributed by atoms with E-state index in [1.165, 1.54) is 6.07 Å². The van der Waals surface area contributed by atoms with Gasteiger partial charge in [0.1, 0.15) is 16.8 Å². The molecule has 0 radical (unpaired) electrons. The van der Waals surface area contributed by atoms with Crippen molar-refractivity contribution in [2.75, 3.05) is 11.9 Å². The number of carbonyl (C=O) groups is 1. The van der Waals surface area contributed by atoms with E-state index in [1.54, 1.807) is 43.3 Å². The SMILES string of the molecule is Cc1nc2cc(NC(=O)COc3ccc4c(C)cc(=O)oc4c3)ccc2o1. The number of nitrogens with zero attached hydrogens (tertiary/aromatic N) is 1. The maximum atomic E-state index is 12.1. The molecule has 2 aromatic heterocycles. The summed E-state index contributed by atoms with van der Waals surface area (Å²) in [6.45, 7) is 3.41. The van der Waals surface area contributed by atoms with Crippen LogP contribution >= 0.6 is 0 Å². The molecule has 2 aromatic carbocycles. The van der Waals surface area contributed by atoms with Gasteiger partial charge < -0.3 is 18.9 Å². The molecule has 0 bridgehead atoms. The largest absolute Gasteiger partial charge is 0.484 e. The monoisotopic (exact) mass is 364 g/mol. The molecular formula is C20H16N2O5. The van der Waals surface area contributed by atoms with Crippen LogP contribution in [0.25, 0.3) is 22.1 Å². The molecule has 0 saturated heterocycles. The summed E-state index contributed by atoms with van der Waals surface area (Å²) in [7, 11) is 0. The van der Waals surface area contributed by atoms with Gasteiger partial charge in [0.2, 0.25) is 0 Å². The molecule has 7 heteroatoms. The number of benzene rings is 2. The van der Waals surface area contributed by atoms with E-state index < -0.39 is 5.63 Å². The topological polar surface area (TPSA) is 94.6 Å². The summed E-state index contributed by atoms with van der Waals surface area (Å²) in [5, 5.41) is 3.57. The average molecular weight is 364 g/mol. The van der Waals surface area contributed by atoms with E-state index in [1.807, 2.05) is 6.92 Å². The maximum Gasteiger partial charge on any atom is 0.336 e. The van der Waals surface area contributed by atoms with Gasteiger partial charge in [-0.15, -0.1) is 0 Å². The Morgan fingerprint density at radius 2 is 1.93 bits per heavy atom. The average Bonchev–Trinajstić information content (AvgIpc) is 2.98. The van der Waals surface area contributed by atoms with Gasteiger partial charge in [0.15, 0.2) is 18.1 Å². The van der Waals surface area contributed by atoms with Gasteiger partial charge in [-0.1, -0.05) is 0 Å². The third-order valence-corrected chi connectivity index (χ3v) is 4.07. The van der Waals surface area contributed by atoms with Crippen molar-refractivity contribution in [3.05, 3.63) is 64.3 Å². The number of ether oxygens (including phenoxy) is 1. The minimum atomic E-state index is -0.423. The lowest BCUT2D eigenvalue weighted by Crippen LogP contribution is -2.20. The van der Waals surface area contributed by atoms with Crippen molar-refractivity contribution < 1.29 is 18.4 Å². The molecule has 7 nitrogen and oxygen atoms in total. The van der Waals surface area contributed by atoms with Crippen LogP contribution in [-0.4, -0.2) is 17.5 Å². The first-order valence-corrected chi connectivity index (χ1v) is 8.32. The smallest absolute Gasteiger partial charge is 0.336 e. The fraction of sp³-hybridized carbons (Fsp3) is 0.150. The summed E-state index contributed by atoms with van der Waals surface area (Å²) in [5.41, 5.74) is 2.76. The summed E-state index contributed by atoms with van der Waals surface area (Å²) < 4.78 is 16.1. The number of nitrogens with one attached hydrogen (secondary N) is 1. The third kappa shape index (κ3) is 3.52. The van der Waals surface area contributed by atoms with Crippen molar-refractivity contribution >= 4 is 33.7 Å². The lowest BCUT2D eigenvalue weighted by molar-refractivity contribution is -0.118. The zero-order chi connectivity index (χ0) is 19.0. The predicted octanol–water partition coefficient (Wildman–Crippen LogP) is 3.57. The van der Waals surface area contributed by atoms with E-state index in [-0.39, 0.29) is 12.5 Å². The molecule has 4 aromatic rings. The number of carbonyl (C=O) groups excluding carboxylic acids is 1. The highest BCUT2D eigenvalue weighted by Gasteiger charge is 2.09. The van der Waals surface area contributed by atoms with Gasteiger partial charge in [0.05, 0.1) is 0 Å². The summed E-state index contributed by atoms with van der Waals surface area (Å²) in [4.78, 5) is 27.9. The summed E-state index contributed by atoms with van der Waals surface area (Å²) in [6.07, 6.45) is 0. The number of rotatable bonds is 4. The van der Waals surface area contributed by atoms with Crippen LogP contribution < -0.4 is 15.7 Å². The van der Waals surface area contributed by atoms with E-state index in [4.69, 9.17) is 13.6 Å². The van der Waals surface area contributed by atoms with Crippen molar-refractivity contribution in [1.82, 2.24) is 4.98 Å². The minimum absolute atomic E-state index is 0.183. The Hall–Kier alpha value is -3.61. The third-order valence-electron chi connectivity index (χ3n) is 4.07. The van der Waals surface area contributed by atoms with Gasteiger partial charge in [-0.25, -0.2) is 9.78 Å². The molecule has 0 spiro atoms. The molecule has 0 aliphatic carbocycles. The summed E-state index contributed by atoms with van der Waals surface area (Å²) >= 11 is 0. The van der Waals surface area contributed by atoms with Crippen molar-refractivity contribution in [1.29, 1.82) is 0 Å². The van der Waals surface area contributed by atoms with Gasteiger partial charge >= 0.3 is 5.63 Å². The van der Waals surface area contributed by atoms with Crippen LogP contribution in [-0.2, 0) is 4.79 Å². The van der Waals surface area contributed by atoms with Crippen molar-refractivity contribution in [2.24, 2.45) is 0 Å². The molecule has 27 heavy (non-hydrogen) atoms. The second-order valence-electron chi connectivity index (χ2n) is 6.16. The second-order valence-corrected chi connectivity index (χ2v) is 6.16. The van der Waals surface area contributed by atoms with Crippen molar-refractivity contribution in [2.45, 2.75) is 13.8 Å². The van der Waals surface area contributed by atoms with Crippen LogP contribution in [0, 0.1) is 13.8 Å². The molecule has 136 valence electrons. The van der Waals surface area contributed by atoms with E-state index in [9.17, 15) is 9.59 Å². The van der Waals surface area contributed by atoms with Crippen LogP contribution in [0.3, 0.4) is 0 Å². The number of aromatic nitrogens is 1. The molecule has 1 amide bonds. The molecule has 0 atom stereocenters. The maximum absolute atomic E-state index is 12.1. The molecule has 0 unspecified atom stereocenters.